The predicted molar refractivity (Wildman–Crippen MR) is 104 cm³/mol. The minimum atomic E-state index is -0.418. The van der Waals surface area contributed by atoms with Gasteiger partial charge in [-0.05, 0) is 42.8 Å². The third-order valence-corrected chi connectivity index (χ3v) is 4.58. The molecule has 8 heteroatoms. The summed E-state index contributed by atoms with van der Waals surface area (Å²) in [5.41, 5.74) is 1.16. The Bertz CT molecular complexity index is 807. The van der Waals surface area contributed by atoms with Gasteiger partial charge in [-0.25, -0.2) is 0 Å². The summed E-state index contributed by atoms with van der Waals surface area (Å²) >= 11 is 18.0. The number of carbonyl (C=O) groups excluding carboxylic acids is 2. The third-order valence-electron chi connectivity index (χ3n) is 3.53. The maximum absolute atomic E-state index is 12.1. The van der Waals surface area contributed by atoms with Crippen molar-refractivity contribution in [2.45, 2.75) is 6.92 Å². The van der Waals surface area contributed by atoms with Crippen LogP contribution < -0.4 is 10.1 Å². The van der Waals surface area contributed by atoms with Crippen molar-refractivity contribution in [3.8, 4) is 5.75 Å². The first-order valence-electron chi connectivity index (χ1n) is 7.64. The number of benzene rings is 2. The van der Waals surface area contributed by atoms with Crippen molar-refractivity contribution in [2.75, 3.05) is 25.5 Å². The monoisotopic (exact) mass is 414 g/mol. The summed E-state index contributed by atoms with van der Waals surface area (Å²) in [6.07, 6.45) is 0. The Morgan fingerprint density at radius 3 is 2.35 bits per heavy atom. The van der Waals surface area contributed by atoms with E-state index in [2.05, 4.69) is 5.32 Å². The molecule has 0 spiro atoms. The van der Waals surface area contributed by atoms with Crippen molar-refractivity contribution < 1.29 is 14.3 Å². The number of nitrogens with zero attached hydrogens (tertiary/aromatic N) is 1. The molecule has 0 aliphatic rings. The number of nitrogens with one attached hydrogen (secondary N) is 1. The summed E-state index contributed by atoms with van der Waals surface area (Å²) in [6.45, 7) is 1.48. The van der Waals surface area contributed by atoms with Crippen LogP contribution in [0.25, 0.3) is 0 Å². The van der Waals surface area contributed by atoms with Crippen molar-refractivity contribution in [1.29, 1.82) is 0 Å². The Hall–Kier alpha value is -1.95. The van der Waals surface area contributed by atoms with Gasteiger partial charge in [0.25, 0.3) is 5.91 Å². The third kappa shape index (κ3) is 5.53. The molecule has 0 aromatic heterocycles. The molecule has 1 N–H and O–H groups in total. The Labute approximate surface area is 166 Å². The molecular formula is C18H17Cl3N2O3. The van der Waals surface area contributed by atoms with Crippen LogP contribution in [0.2, 0.25) is 15.1 Å². The average molecular weight is 416 g/mol. The van der Waals surface area contributed by atoms with Crippen LogP contribution in [0, 0.1) is 6.92 Å². The molecular weight excluding hydrogens is 399 g/mol. The highest BCUT2D eigenvalue weighted by Gasteiger charge is 2.16. The number of likely N-dealkylation sites (N-methyl/N-ethyl adjacent to an activating group) is 1. The zero-order valence-corrected chi connectivity index (χ0v) is 16.5. The second-order valence-corrected chi connectivity index (χ2v) is 6.82. The summed E-state index contributed by atoms with van der Waals surface area (Å²) in [7, 11) is 1.51. The van der Waals surface area contributed by atoms with Crippen LogP contribution in [0.3, 0.4) is 0 Å². The largest absolute Gasteiger partial charge is 0.484 e. The van der Waals surface area contributed by atoms with Crippen molar-refractivity contribution in [2.24, 2.45) is 0 Å². The van der Waals surface area contributed by atoms with E-state index in [0.29, 0.717) is 26.5 Å². The van der Waals surface area contributed by atoms with Crippen molar-refractivity contribution in [3.05, 3.63) is 57.0 Å². The van der Waals surface area contributed by atoms with Crippen molar-refractivity contribution >= 4 is 52.3 Å². The van der Waals surface area contributed by atoms with E-state index in [1.165, 1.54) is 11.9 Å². The van der Waals surface area contributed by atoms with E-state index in [1.54, 1.807) is 36.4 Å². The van der Waals surface area contributed by atoms with Crippen LogP contribution in [0.15, 0.2) is 36.4 Å². The van der Waals surface area contributed by atoms with Crippen LogP contribution in [0.5, 0.6) is 5.75 Å². The molecule has 26 heavy (non-hydrogen) atoms. The van der Waals surface area contributed by atoms with Crippen molar-refractivity contribution in [3.63, 3.8) is 0 Å². The number of aryl methyl sites for hydroxylation is 1. The Balaban J connectivity index is 1.88. The molecule has 2 rings (SSSR count). The highest BCUT2D eigenvalue weighted by molar-refractivity contribution is 6.39. The van der Waals surface area contributed by atoms with E-state index in [1.807, 2.05) is 6.92 Å². The van der Waals surface area contributed by atoms with Crippen LogP contribution >= 0.6 is 34.8 Å². The van der Waals surface area contributed by atoms with Gasteiger partial charge in [-0.15, -0.1) is 0 Å². The lowest BCUT2D eigenvalue weighted by atomic mass is 10.2. The highest BCUT2D eigenvalue weighted by atomic mass is 35.5. The number of hydrogen-bond donors (Lipinski definition) is 1. The van der Waals surface area contributed by atoms with Gasteiger partial charge >= 0.3 is 0 Å². The second kappa shape index (κ2) is 9.12. The molecule has 138 valence electrons. The Morgan fingerprint density at radius 1 is 1.08 bits per heavy atom. The van der Waals surface area contributed by atoms with Crippen molar-refractivity contribution in [1.82, 2.24) is 4.90 Å². The van der Waals surface area contributed by atoms with Gasteiger partial charge in [0.05, 0.1) is 22.3 Å². The van der Waals surface area contributed by atoms with Gasteiger partial charge in [0.1, 0.15) is 5.75 Å². The van der Waals surface area contributed by atoms with Gasteiger partial charge in [-0.2, -0.15) is 0 Å². The molecule has 0 unspecified atom stereocenters. The minimum Gasteiger partial charge on any atom is -0.484 e. The van der Waals surface area contributed by atoms with Crippen LogP contribution in [-0.4, -0.2) is 36.9 Å². The molecule has 0 atom stereocenters. The van der Waals surface area contributed by atoms with Gasteiger partial charge < -0.3 is 15.0 Å². The van der Waals surface area contributed by atoms with E-state index in [9.17, 15) is 9.59 Å². The summed E-state index contributed by atoms with van der Waals surface area (Å²) in [5.74, 6) is -0.239. The normalized spacial score (nSPS) is 10.3. The Morgan fingerprint density at radius 2 is 1.73 bits per heavy atom. The highest BCUT2D eigenvalue weighted by Crippen LogP contribution is 2.29. The fraction of sp³-hybridized carbons (Fsp3) is 0.222. The lowest BCUT2D eigenvalue weighted by Crippen LogP contribution is -2.37. The fourth-order valence-electron chi connectivity index (χ4n) is 2.06. The average Bonchev–Trinajstić information content (AvgIpc) is 2.59. The minimum absolute atomic E-state index is 0.163. The van der Waals surface area contributed by atoms with Gasteiger partial charge in [0, 0.05) is 12.1 Å². The van der Waals surface area contributed by atoms with Gasteiger partial charge in [0.15, 0.2) is 6.61 Å². The summed E-state index contributed by atoms with van der Waals surface area (Å²) < 4.78 is 5.44. The molecule has 0 saturated heterocycles. The number of amides is 2. The van der Waals surface area contributed by atoms with Crippen LogP contribution in [0.4, 0.5) is 5.69 Å². The standard InChI is InChI=1S/C18H17Cl3N2O3/c1-11-8-12(6-7-13(11)19)26-10-17(25)23(2)9-16(24)22-18-14(20)4-3-5-15(18)21/h3-8H,9-10H2,1-2H3,(H,22,24). The molecule has 0 radical (unpaired) electrons. The molecule has 0 fully saturated rings. The topological polar surface area (TPSA) is 58.6 Å². The first-order valence-corrected chi connectivity index (χ1v) is 8.78. The number of para-hydroxylation sites is 1. The number of carbonyl (C=O) groups is 2. The van der Waals surface area contributed by atoms with Gasteiger partial charge in [-0.3, -0.25) is 9.59 Å². The SMILES string of the molecule is Cc1cc(OCC(=O)N(C)CC(=O)Nc2c(Cl)cccc2Cl)ccc1Cl. The number of hydrogen-bond acceptors (Lipinski definition) is 3. The maximum Gasteiger partial charge on any atom is 0.260 e. The van der Waals surface area contributed by atoms with Gasteiger partial charge in [0.2, 0.25) is 5.91 Å². The van der Waals surface area contributed by atoms with Gasteiger partial charge in [-0.1, -0.05) is 40.9 Å². The zero-order chi connectivity index (χ0) is 19.3. The number of rotatable bonds is 6. The molecule has 0 saturated carbocycles. The van der Waals surface area contributed by atoms with E-state index in [-0.39, 0.29) is 19.1 Å². The van der Waals surface area contributed by atoms with E-state index < -0.39 is 5.91 Å². The number of ether oxygens (including phenoxy) is 1. The first kappa shape index (κ1) is 20.4. The molecule has 0 bridgehead atoms. The smallest absolute Gasteiger partial charge is 0.260 e. The lowest BCUT2D eigenvalue weighted by molar-refractivity contribution is -0.135. The van der Waals surface area contributed by atoms with E-state index in [4.69, 9.17) is 39.5 Å². The fourth-order valence-corrected chi connectivity index (χ4v) is 2.67. The molecule has 0 aliphatic heterocycles. The molecule has 0 heterocycles. The predicted octanol–water partition coefficient (Wildman–Crippen LogP) is 4.43. The molecule has 2 aromatic rings. The zero-order valence-electron chi connectivity index (χ0n) is 14.2. The van der Waals surface area contributed by atoms with Crippen LogP contribution in [0.1, 0.15) is 5.56 Å². The maximum atomic E-state index is 12.1. The first-order chi connectivity index (χ1) is 12.3. The summed E-state index contributed by atoms with van der Waals surface area (Å²) in [4.78, 5) is 25.5. The molecule has 0 aliphatic carbocycles. The van der Waals surface area contributed by atoms with E-state index >= 15 is 0 Å². The summed E-state index contributed by atoms with van der Waals surface area (Å²) in [5, 5.41) is 3.86. The second-order valence-electron chi connectivity index (χ2n) is 5.59. The number of halogens is 3. The molecule has 2 aromatic carbocycles. The molecule has 5 nitrogen and oxygen atoms in total. The number of anilines is 1. The lowest BCUT2D eigenvalue weighted by Gasteiger charge is -2.18. The van der Waals surface area contributed by atoms with Crippen LogP contribution in [-0.2, 0) is 9.59 Å². The molecule has 2 amide bonds. The quantitative estimate of drug-likeness (QED) is 0.759. The van der Waals surface area contributed by atoms with E-state index in [0.717, 1.165) is 5.56 Å². The summed E-state index contributed by atoms with van der Waals surface area (Å²) in [6, 6.07) is 10.0. The Kier molecular flexibility index (Phi) is 7.14.